The zero-order valence-electron chi connectivity index (χ0n) is 17.7. The minimum absolute atomic E-state index is 0.00491. The normalized spacial score (nSPS) is 19.6. The number of nitrogens with one attached hydrogen (secondary N) is 1. The van der Waals surface area contributed by atoms with Crippen molar-refractivity contribution in [3.63, 3.8) is 0 Å². The van der Waals surface area contributed by atoms with E-state index in [1.807, 2.05) is 58.1 Å². The lowest BCUT2D eigenvalue weighted by molar-refractivity contribution is -0.121. The zero-order valence-corrected chi connectivity index (χ0v) is 17.7. The lowest BCUT2D eigenvalue weighted by Crippen LogP contribution is -2.44. The molecule has 5 rings (SSSR count). The maximum atomic E-state index is 13.3. The summed E-state index contributed by atoms with van der Waals surface area (Å²) >= 11 is 0. The van der Waals surface area contributed by atoms with Crippen LogP contribution in [-0.4, -0.2) is 39.6 Å². The summed E-state index contributed by atoms with van der Waals surface area (Å²) in [6, 6.07) is 16.0. The highest BCUT2D eigenvalue weighted by molar-refractivity contribution is 6.07. The van der Waals surface area contributed by atoms with Gasteiger partial charge in [0.1, 0.15) is 5.82 Å². The van der Waals surface area contributed by atoms with Crippen molar-refractivity contribution in [1.82, 2.24) is 14.7 Å². The molecule has 1 atom stereocenters. The molecule has 0 radical (unpaired) electrons. The molecule has 2 aliphatic rings. The first kappa shape index (κ1) is 19.8. The summed E-state index contributed by atoms with van der Waals surface area (Å²) in [6.45, 7) is 1.14. The van der Waals surface area contributed by atoms with Gasteiger partial charge in [-0.1, -0.05) is 49.2 Å². The van der Waals surface area contributed by atoms with Gasteiger partial charge in [0.05, 0.1) is 18.2 Å². The van der Waals surface area contributed by atoms with Crippen LogP contribution in [0.25, 0.3) is 10.8 Å². The maximum Gasteiger partial charge on any atom is 0.254 e. The Morgan fingerprint density at radius 2 is 1.74 bits per heavy atom. The number of piperidine rings is 1. The molecule has 2 aromatic carbocycles. The number of hydrogen-bond donors (Lipinski definition) is 1. The van der Waals surface area contributed by atoms with Crippen LogP contribution in [0.3, 0.4) is 0 Å². The molecule has 3 aromatic rings. The summed E-state index contributed by atoms with van der Waals surface area (Å²) in [5.41, 5.74) is 0.707. The molecule has 1 aliphatic heterocycles. The Balaban J connectivity index is 1.30. The first-order chi connectivity index (χ1) is 15.2. The summed E-state index contributed by atoms with van der Waals surface area (Å²) in [5.74, 6) is 0.550. The van der Waals surface area contributed by atoms with E-state index in [-0.39, 0.29) is 17.7 Å². The van der Waals surface area contributed by atoms with E-state index < -0.39 is 0 Å². The molecular weight excluding hydrogens is 388 g/mol. The topological polar surface area (TPSA) is 67.2 Å². The Hall–Kier alpha value is -3.15. The Bertz CT molecular complexity index is 1090. The number of benzene rings is 2. The minimum atomic E-state index is -0.209. The number of hydrogen-bond acceptors (Lipinski definition) is 3. The van der Waals surface area contributed by atoms with Crippen molar-refractivity contribution in [3.05, 3.63) is 60.3 Å². The molecule has 6 nitrogen and oxygen atoms in total. The van der Waals surface area contributed by atoms with Crippen LogP contribution in [0.1, 0.15) is 54.9 Å². The van der Waals surface area contributed by atoms with Crippen LogP contribution in [0.4, 0.5) is 5.82 Å². The van der Waals surface area contributed by atoms with Gasteiger partial charge in [-0.05, 0) is 42.5 Å². The summed E-state index contributed by atoms with van der Waals surface area (Å²) in [4.78, 5) is 28.2. The molecular formula is C25H28N4O2. The Morgan fingerprint density at radius 3 is 2.61 bits per heavy atom. The van der Waals surface area contributed by atoms with Crippen LogP contribution >= 0.6 is 0 Å². The van der Waals surface area contributed by atoms with E-state index in [1.165, 1.54) is 12.8 Å². The number of aromatic nitrogens is 2. The number of fused-ring (bicyclic) bond motifs is 1. The van der Waals surface area contributed by atoms with E-state index in [1.54, 1.807) is 6.20 Å². The van der Waals surface area contributed by atoms with E-state index in [9.17, 15) is 9.59 Å². The molecule has 2 fully saturated rings. The summed E-state index contributed by atoms with van der Waals surface area (Å²) in [7, 11) is 0. The second-order valence-electron chi connectivity index (χ2n) is 8.71. The van der Waals surface area contributed by atoms with Crippen molar-refractivity contribution in [2.24, 2.45) is 5.92 Å². The smallest absolute Gasteiger partial charge is 0.254 e. The highest BCUT2D eigenvalue weighted by Gasteiger charge is 2.30. The van der Waals surface area contributed by atoms with Gasteiger partial charge in [0.25, 0.3) is 5.91 Å². The molecule has 0 bridgehead atoms. The number of carbonyl (C=O) groups excluding carboxylic acids is 2. The first-order valence-corrected chi connectivity index (χ1v) is 11.3. The third-order valence-electron chi connectivity index (χ3n) is 6.69. The lowest BCUT2D eigenvalue weighted by Gasteiger charge is -2.32. The molecule has 2 heterocycles. The van der Waals surface area contributed by atoms with E-state index in [2.05, 4.69) is 10.4 Å². The molecule has 1 N–H and O–H groups in total. The molecule has 1 unspecified atom stereocenters. The second kappa shape index (κ2) is 8.53. The van der Waals surface area contributed by atoms with Crippen molar-refractivity contribution < 1.29 is 9.59 Å². The minimum Gasteiger partial charge on any atom is -0.338 e. The standard InChI is InChI=1S/C25H28N4O2/c30-24(27-23-14-15-26-29(23)20-10-2-3-11-20)19-9-6-16-28(17-19)25(31)22-13-5-8-18-7-1-4-12-21(18)22/h1,4-5,7-8,12-15,19-20H,2-3,6,9-11,16-17H2,(H,27,30). The molecule has 1 aliphatic carbocycles. The lowest BCUT2D eigenvalue weighted by atomic mass is 9.95. The summed E-state index contributed by atoms with van der Waals surface area (Å²) in [6.07, 6.45) is 8.03. The highest BCUT2D eigenvalue weighted by Crippen LogP contribution is 2.31. The SMILES string of the molecule is O=C(Nc1ccnn1C1CCCC1)C1CCCN(C(=O)c2cccc3ccccc23)C1. The van der Waals surface area contributed by atoms with Gasteiger partial charge >= 0.3 is 0 Å². The quantitative estimate of drug-likeness (QED) is 0.674. The molecule has 1 aromatic heterocycles. The number of rotatable bonds is 4. The molecule has 2 amide bonds. The Labute approximate surface area is 182 Å². The molecule has 0 spiro atoms. The predicted octanol–water partition coefficient (Wildman–Crippen LogP) is 4.64. The van der Waals surface area contributed by atoms with E-state index in [0.717, 1.165) is 42.3 Å². The molecule has 6 heteroatoms. The molecule has 160 valence electrons. The Kier molecular flexibility index (Phi) is 5.45. The van der Waals surface area contributed by atoms with Gasteiger partial charge in [-0.25, -0.2) is 4.68 Å². The highest BCUT2D eigenvalue weighted by atomic mass is 16.2. The fraction of sp³-hybridized carbons (Fsp3) is 0.400. The number of nitrogens with zero attached hydrogens (tertiary/aromatic N) is 3. The number of amides is 2. The monoisotopic (exact) mass is 416 g/mol. The fourth-order valence-electron chi connectivity index (χ4n) is 5.04. The molecule has 1 saturated carbocycles. The third-order valence-corrected chi connectivity index (χ3v) is 6.69. The average molecular weight is 417 g/mol. The number of anilines is 1. The number of likely N-dealkylation sites (tertiary alicyclic amines) is 1. The van der Waals surface area contributed by atoms with E-state index >= 15 is 0 Å². The van der Waals surface area contributed by atoms with Gasteiger partial charge in [0.15, 0.2) is 0 Å². The van der Waals surface area contributed by atoms with Gasteiger partial charge < -0.3 is 10.2 Å². The van der Waals surface area contributed by atoms with Gasteiger partial charge in [-0.2, -0.15) is 5.10 Å². The van der Waals surface area contributed by atoms with Gasteiger partial charge in [0, 0.05) is 24.7 Å². The predicted molar refractivity (Wildman–Crippen MR) is 121 cm³/mol. The van der Waals surface area contributed by atoms with Crippen molar-refractivity contribution in [3.8, 4) is 0 Å². The van der Waals surface area contributed by atoms with Crippen molar-refractivity contribution in [2.45, 2.75) is 44.6 Å². The molecule has 1 saturated heterocycles. The number of carbonyl (C=O) groups is 2. The van der Waals surface area contributed by atoms with Crippen LogP contribution in [0, 0.1) is 5.92 Å². The summed E-state index contributed by atoms with van der Waals surface area (Å²) in [5, 5.41) is 9.55. The van der Waals surface area contributed by atoms with Crippen molar-refractivity contribution in [2.75, 3.05) is 18.4 Å². The van der Waals surface area contributed by atoms with Crippen LogP contribution in [-0.2, 0) is 4.79 Å². The van der Waals surface area contributed by atoms with E-state index in [4.69, 9.17) is 0 Å². The zero-order chi connectivity index (χ0) is 21.2. The van der Waals surface area contributed by atoms with Gasteiger partial charge in [0.2, 0.25) is 5.91 Å². The largest absolute Gasteiger partial charge is 0.338 e. The maximum absolute atomic E-state index is 13.3. The van der Waals surface area contributed by atoms with Crippen molar-refractivity contribution in [1.29, 1.82) is 0 Å². The fourth-order valence-corrected chi connectivity index (χ4v) is 5.04. The second-order valence-corrected chi connectivity index (χ2v) is 8.71. The van der Waals surface area contributed by atoms with Gasteiger partial charge in [-0.3, -0.25) is 9.59 Å². The van der Waals surface area contributed by atoms with Crippen LogP contribution in [0.15, 0.2) is 54.7 Å². The molecule has 31 heavy (non-hydrogen) atoms. The van der Waals surface area contributed by atoms with Crippen LogP contribution in [0.2, 0.25) is 0 Å². The van der Waals surface area contributed by atoms with Crippen molar-refractivity contribution >= 4 is 28.4 Å². The van der Waals surface area contributed by atoms with Crippen LogP contribution < -0.4 is 5.32 Å². The average Bonchev–Trinajstić information content (AvgIpc) is 3.50. The first-order valence-electron chi connectivity index (χ1n) is 11.3. The summed E-state index contributed by atoms with van der Waals surface area (Å²) < 4.78 is 1.97. The van der Waals surface area contributed by atoms with E-state index in [0.29, 0.717) is 24.7 Å². The Morgan fingerprint density at radius 1 is 0.935 bits per heavy atom. The third kappa shape index (κ3) is 3.94. The van der Waals surface area contributed by atoms with Gasteiger partial charge in [-0.15, -0.1) is 0 Å². The van der Waals surface area contributed by atoms with Crippen LogP contribution in [0.5, 0.6) is 0 Å².